The number of hydrogen-bond acceptors (Lipinski definition) is 6. The molecule has 0 spiro atoms. The summed E-state index contributed by atoms with van der Waals surface area (Å²) >= 11 is 0. The summed E-state index contributed by atoms with van der Waals surface area (Å²) in [7, 11) is 4.57. The lowest BCUT2D eigenvalue weighted by Crippen LogP contribution is -2.39. The van der Waals surface area contributed by atoms with Crippen LogP contribution in [0.2, 0.25) is 0 Å². The van der Waals surface area contributed by atoms with E-state index < -0.39 is 11.7 Å². The van der Waals surface area contributed by atoms with Crippen LogP contribution in [0, 0.1) is 0 Å². The number of rotatable bonds is 4. The number of alkyl carbamates (subject to hydrolysis) is 1. The van der Waals surface area contributed by atoms with Crippen molar-refractivity contribution in [3.8, 4) is 17.2 Å². The Hall–Kier alpha value is -2.44. The minimum absolute atomic E-state index is 0.0854. The molecule has 0 heterocycles. The Balaban J connectivity index is 2.28. The van der Waals surface area contributed by atoms with Crippen molar-refractivity contribution in [2.75, 3.05) is 21.3 Å². The van der Waals surface area contributed by atoms with Crippen LogP contribution in [0.15, 0.2) is 6.07 Å². The Kier molecular flexibility index (Phi) is 6.00. The number of fused-ring (bicyclic) bond motifs is 1. The van der Waals surface area contributed by atoms with Crippen molar-refractivity contribution >= 4 is 11.9 Å². The summed E-state index contributed by atoms with van der Waals surface area (Å²) in [6.07, 6.45) is 0.808. The minimum atomic E-state index is -0.592. The first kappa shape index (κ1) is 19.9. The van der Waals surface area contributed by atoms with E-state index in [1.165, 1.54) is 21.3 Å². The van der Waals surface area contributed by atoms with E-state index in [1.54, 1.807) is 26.8 Å². The zero-order chi connectivity index (χ0) is 19.5. The van der Waals surface area contributed by atoms with Gasteiger partial charge in [0.2, 0.25) is 5.75 Å². The lowest BCUT2D eigenvalue weighted by atomic mass is 9.99. The van der Waals surface area contributed by atoms with Gasteiger partial charge < -0.3 is 24.3 Å². The Morgan fingerprint density at radius 2 is 1.77 bits per heavy atom. The average molecular weight is 365 g/mol. The largest absolute Gasteiger partial charge is 0.493 e. The van der Waals surface area contributed by atoms with E-state index in [-0.39, 0.29) is 18.2 Å². The second kappa shape index (κ2) is 7.85. The molecule has 0 radical (unpaired) electrons. The molecule has 1 aromatic carbocycles. The predicted octanol–water partition coefficient (Wildman–Crippen LogP) is 3.12. The van der Waals surface area contributed by atoms with Gasteiger partial charge >= 0.3 is 6.09 Å². The highest BCUT2D eigenvalue weighted by molar-refractivity contribution is 6.00. The second-order valence-corrected chi connectivity index (χ2v) is 7.18. The third-order valence-electron chi connectivity index (χ3n) is 4.13. The van der Waals surface area contributed by atoms with Crippen LogP contribution < -0.4 is 19.5 Å². The van der Waals surface area contributed by atoms with Crippen LogP contribution in [0.1, 0.15) is 49.5 Å². The van der Waals surface area contributed by atoms with Gasteiger partial charge in [0.05, 0.1) is 21.3 Å². The molecular weight excluding hydrogens is 338 g/mol. The molecule has 1 aliphatic rings. The summed E-state index contributed by atoms with van der Waals surface area (Å²) in [4.78, 5) is 24.8. The zero-order valence-corrected chi connectivity index (χ0v) is 16.2. The van der Waals surface area contributed by atoms with Crippen LogP contribution in [0.4, 0.5) is 4.79 Å². The second-order valence-electron chi connectivity index (χ2n) is 7.18. The maximum atomic E-state index is 12.8. The quantitative estimate of drug-likeness (QED) is 0.826. The minimum Gasteiger partial charge on any atom is -0.493 e. The molecule has 144 valence electrons. The van der Waals surface area contributed by atoms with Gasteiger partial charge in [-0.2, -0.15) is 0 Å². The van der Waals surface area contributed by atoms with Crippen LogP contribution in [0.3, 0.4) is 0 Å². The van der Waals surface area contributed by atoms with Crippen LogP contribution in [0.5, 0.6) is 17.2 Å². The number of carbonyl (C=O) groups is 2. The third-order valence-corrected chi connectivity index (χ3v) is 4.13. The molecule has 7 heteroatoms. The normalized spacial score (nSPS) is 17.0. The maximum absolute atomic E-state index is 12.8. The Morgan fingerprint density at radius 1 is 1.12 bits per heavy atom. The predicted molar refractivity (Wildman–Crippen MR) is 96.5 cm³/mol. The third kappa shape index (κ3) is 4.39. The van der Waals surface area contributed by atoms with Crippen LogP contribution in [-0.2, 0) is 11.2 Å². The average Bonchev–Trinajstić information content (AvgIpc) is 2.70. The van der Waals surface area contributed by atoms with E-state index in [1.807, 2.05) is 0 Å². The van der Waals surface area contributed by atoms with Crippen LogP contribution in [-0.4, -0.2) is 44.8 Å². The summed E-state index contributed by atoms with van der Waals surface area (Å²) in [5.41, 5.74) is 0.711. The fourth-order valence-corrected chi connectivity index (χ4v) is 3.06. The number of hydrogen-bond donors (Lipinski definition) is 1. The summed E-state index contributed by atoms with van der Waals surface area (Å²) in [6, 6.07) is 1.36. The first-order chi connectivity index (χ1) is 12.2. The molecule has 0 unspecified atom stereocenters. The lowest BCUT2D eigenvalue weighted by Gasteiger charge is -2.22. The van der Waals surface area contributed by atoms with Crippen molar-refractivity contribution in [3.05, 3.63) is 17.2 Å². The van der Waals surface area contributed by atoms with E-state index in [4.69, 9.17) is 18.9 Å². The molecule has 0 fully saturated rings. The Morgan fingerprint density at radius 3 is 2.31 bits per heavy atom. The smallest absolute Gasteiger partial charge is 0.407 e. The number of benzene rings is 1. The van der Waals surface area contributed by atoms with Crippen molar-refractivity contribution in [2.45, 2.75) is 51.7 Å². The number of ether oxygens (including phenoxy) is 4. The Labute approximate surface area is 153 Å². The molecule has 0 aromatic heterocycles. The zero-order valence-electron chi connectivity index (χ0n) is 16.2. The maximum Gasteiger partial charge on any atom is 0.407 e. The highest BCUT2D eigenvalue weighted by Gasteiger charge is 2.30. The fourth-order valence-electron chi connectivity index (χ4n) is 3.06. The molecule has 0 saturated heterocycles. The molecule has 7 nitrogen and oxygen atoms in total. The lowest BCUT2D eigenvalue weighted by molar-refractivity contribution is 0.0500. The van der Waals surface area contributed by atoms with E-state index in [2.05, 4.69) is 5.32 Å². The summed E-state index contributed by atoms with van der Waals surface area (Å²) in [6.45, 7) is 5.39. The van der Waals surface area contributed by atoms with Gasteiger partial charge in [0.1, 0.15) is 5.60 Å². The van der Waals surface area contributed by atoms with Gasteiger partial charge in [-0.05, 0) is 39.7 Å². The molecule has 1 N–H and O–H groups in total. The number of carbonyl (C=O) groups excluding carboxylic acids is 2. The van der Waals surface area contributed by atoms with Gasteiger partial charge in [0, 0.05) is 23.6 Å². The van der Waals surface area contributed by atoms with Gasteiger partial charge in [-0.25, -0.2) is 4.79 Å². The molecular formula is C19H27NO6. The molecule has 1 atom stereocenters. The number of ketones is 1. The number of methoxy groups -OCH3 is 3. The SMILES string of the molecule is COc1cc2c(c(OC)c1OC)CC[C@@H](NC(=O)OC(C)(C)C)CC2=O. The number of Topliss-reactive ketones (excluding diaryl/α,β-unsaturated/α-hetero) is 1. The van der Waals surface area contributed by atoms with Crippen LogP contribution >= 0.6 is 0 Å². The molecule has 0 bridgehead atoms. The summed E-state index contributed by atoms with van der Waals surface area (Å²) in [5, 5.41) is 2.79. The first-order valence-corrected chi connectivity index (χ1v) is 8.54. The molecule has 26 heavy (non-hydrogen) atoms. The highest BCUT2D eigenvalue weighted by atomic mass is 16.6. The molecule has 2 rings (SSSR count). The standard InChI is InChI=1S/C19H27NO6/c1-19(2,3)26-18(22)20-11-7-8-12-13(14(21)9-11)10-15(23-4)17(25-6)16(12)24-5/h10-11H,7-9H2,1-6H3,(H,20,22)/t11-/m1/s1. The van der Waals surface area contributed by atoms with Crippen molar-refractivity contribution in [3.63, 3.8) is 0 Å². The van der Waals surface area contributed by atoms with Gasteiger partial charge in [0.15, 0.2) is 17.3 Å². The van der Waals surface area contributed by atoms with Crippen LogP contribution in [0.25, 0.3) is 0 Å². The number of amides is 1. The van der Waals surface area contributed by atoms with Gasteiger partial charge in [-0.15, -0.1) is 0 Å². The van der Waals surface area contributed by atoms with E-state index in [0.29, 0.717) is 35.7 Å². The van der Waals surface area contributed by atoms with Gasteiger partial charge in [0.25, 0.3) is 0 Å². The molecule has 0 saturated carbocycles. The van der Waals surface area contributed by atoms with E-state index in [0.717, 1.165) is 5.56 Å². The first-order valence-electron chi connectivity index (χ1n) is 8.54. The van der Waals surface area contributed by atoms with Gasteiger partial charge in [-0.3, -0.25) is 4.79 Å². The van der Waals surface area contributed by atoms with E-state index >= 15 is 0 Å². The Bertz CT molecular complexity index is 692. The molecule has 1 aromatic rings. The fraction of sp³-hybridized carbons (Fsp3) is 0.579. The van der Waals surface area contributed by atoms with Gasteiger partial charge in [-0.1, -0.05) is 0 Å². The highest BCUT2D eigenvalue weighted by Crippen LogP contribution is 2.43. The van der Waals surface area contributed by atoms with Crippen molar-refractivity contribution in [2.24, 2.45) is 0 Å². The molecule has 0 aliphatic heterocycles. The molecule has 1 amide bonds. The monoisotopic (exact) mass is 365 g/mol. The molecule has 1 aliphatic carbocycles. The summed E-state index contributed by atoms with van der Waals surface area (Å²) in [5.74, 6) is 1.31. The van der Waals surface area contributed by atoms with Crippen molar-refractivity contribution in [1.82, 2.24) is 5.32 Å². The number of nitrogens with one attached hydrogen (secondary N) is 1. The van der Waals surface area contributed by atoms with Crippen molar-refractivity contribution < 1.29 is 28.5 Å². The summed E-state index contributed by atoms with van der Waals surface area (Å²) < 4.78 is 21.5. The topological polar surface area (TPSA) is 83.1 Å². The van der Waals surface area contributed by atoms with E-state index in [9.17, 15) is 9.59 Å². The van der Waals surface area contributed by atoms with Crippen molar-refractivity contribution in [1.29, 1.82) is 0 Å².